The molecule has 3 aromatic heterocycles. The Morgan fingerprint density at radius 3 is 2.73 bits per heavy atom. The molecule has 8 nitrogen and oxygen atoms in total. The highest BCUT2D eigenvalue weighted by Crippen LogP contribution is 2.07. The lowest BCUT2D eigenvalue weighted by atomic mass is 10.2. The van der Waals surface area contributed by atoms with Crippen molar-refractivity contribution >= 4 is 5.91 Å². The second-order valence-electron chi connectivity index (χ2n) is 4.81. The fraction of sp³-hybridized carbons (Fsp3) is 0.214. The molecular formula is C14H15N7O. The maximum atomic E-state index is 12.1. The zero-order chi connectivity index (χ0) is 15.5. The highest BCUT2D eigenvalue weighted by molar-refractivity contribution is 5.94. The summed E-state index contributed by atoms with van der Waals surface area (Å²) in [4.78, 5) is 20.3. The Hall–Kier alpha value is -3.03. The SMILES string of the molecule is Cc1c(C(=O)NCc2ccc(-n3cncn3)nc2)cnn1C. The van der Waals surface area contributed by atoms with E-state index in [1.807, 2.05) is 19.1 Å². The molecule has 0 spiro atoms. The van der Waals surface area contributed by atoms with E-state index in [0.717, 1.165) is 11.3 Å². The van der Waals surface area contributed by atoms with Crippen molar-refractivity contribution in [2.45, 2.75) is 13.5 Å². The van der Waals surface area contributed by atoms with Crippen LogP contribution in [-0.2, 0) is 13.6 Å². The van der Waals surface area contributed by atoms with Crippen LogP contribution in [0.5, 0.6) is 0 Å². The van der Waals surface area contributed by atoms with Gasteiger partial charge in [-0.25, -0.2) is 14.6 Å². The van der Waals surface area contributed by atoms with Crippen LogP contribution in [0.15, 0.2) is 37.2 Å². The van der Waals surface area contributed by atoms with Gasteiger partial charge in [0.25, 0.3) is 5.91 Å². The van der Waals surface area contributed by atoms with Crippen LogP contribution in [0.1, 0.15) is 21.6 Å². The molecule has 0 saturated carbocycles. The molecule has 8 heteroatoms. The van der Waals surface area contributed by atoms with Crippen molar-refractivity contribution in [1.82, 2.24) is 34.8 Å². The Morgan fingerprint density at radius 2 is 2.14 bits per heavy atom. The van der Waals surface area contributed by atoms with E-state index in [1.165, 1.54) is 6.33 Å². The van der Waals surface area contributed by atoms with Crippen LogP contribution in [0.3, 0.4) is 0 Å². The Morgan fingerprint density at radius 1 is 1.27 bits per heavy atom. The molecule has 112 valence electrons. The summed E-state index contributed by atoms with van der Waals surface area (Å²) in [6.07, 6.45) is 6.30. The molecule has 3 heterocycles. The van der Waals surface area contributed by atoms with Gasteiger partial charge >= 0.3 is 0 Å². The predicted octanol–water partition coefficient (Wildman–Crippen LogP) is 0.634. The Labute approximate surface area is 126 Å². The van der Waals surface area contributed by atoms with Crippen molar-refractivity contribution < 1.29 is 4.79 Å². The van der Waals surface area contributed by atoms with E-state index in [9.17, 15) is 4.79 Å². The maximum Gasteiger partial charge on any atom is 0.255 e. The van der Waals surface area contributed by atoms with Gasteiger partial charge in [0, 0.05) is 25.5 Å². The lowest BCUT2D eigenvalue weighted by Crippen LogP contribution is -2.23. The molecule has 0 saturated heterocycles. The van der Waals surface area contributed by atoms with E-state index in [-0.39, 0.29) is 5.91 Å². The van der Waals surface area contributed by atoms with E-state index in [1.54, 1.807) is 35.1 Å². The molecule has 22 heavy (non-hydrogen) atoms. The summed E-state index contributed by atoms with van der Waals surface area (Å²) in [5.41, 5.74) is 2.31. The summed E-state index contributed by atoms with van der Waals surface area (Å²) in [7, 11) is 1.80. The first-order chi connectivity index (χ1) is 10.6. The molecule has 0 unspecified atom stereocenters. The van der Waals surface area contributed by atoms with Crippen LogP contribution in [0, 0.1) is 6.92 Å². The summed E-state index contributed by atoms with van der Waals surface area (Å²) < 4.78 is 3.24. The number of carbonyl (C=O) groups excluding carboxylic acids is 1. The van der Waals surface area contributed by atoms with Crippen LogP contribution in [0.2, 0.25) is 0 Å². The minimum Gasteiger partial charge on any atom is -0.348 e. The van der Waals surface area contributed by atoms with Gasteiger partial charge in [0.15, 0.2) is 5.82 Å². The molecule has 0 atom stereocenters. The van der Waals surface area contributed by atoms with Crippen LogP contribution >= 0.6 is 0 Å². The van der Waals surface area contributed by atoms with Gasteiger partial charge in [-0.15, -0.1) is 0 Å². The van der Waals surface area contributed by atoms with Crippen molar-refractivity contribution in [3.8, 4) is 5.82 Å². The van der Waals surface area contributed by atoms with Gasteiger partial charge < -0.3 is 5.32 Å². The van der Waals surface area contributed by atoms with Crippen LogP contribution < -0.4 is 5.32 Å². The number of aryl methyl sites for hydroxylation is 1. The molecule has 0 bridgehead atoms. The first-order valence-electron chi connectivity index (χ1n) is 6.72. The number of hydrogen-bond donors (Lipinski definition) is 1. The molecule has 0 aliphatic carbocycles. The van der Waals surface area contributed by atoms with E-state index in [2.05, 4.69) is 25.5 Å². The van der Waals surface area contributed by atoms with Gasteiger partial charge in [-0.2, -0.15) is 10.2 Å². The van der Waals surface area contributed by atoms with Gasteiger partial charge in [-0.3, -0.25) is 9.48 Å². The smallest absolute Gasteiger partial charge is 0.255 e. The minimum absolute atomic E-state index is 0.147. The van der Waals surface area contributed by atoms with Gasteiger partial charge in [-0.1, -0.05) is 6.07 Å². The third-order valence-corrected chi connectivity index (χ3v) is 3.40. The summed E-state index contributed by atoms with van der Waals surface area (Å²) in [5, 5.41) is 10.9. The van der Waals surface area contributed by atoms with Crippen molar-refractivity contribution in [3.63, 3.8) is 0 Å². The molecule has 0 radical (unpaired) electrons. The molecule has 1 N–H and O–H groups in total. The van der Waals surface area contributed by atoms with Gasteiger partial charge in [0.2, 0.25) is 0 Å². The fourth-order valence-electron chi connectivity index (χ4n) is 1.98. The van der Waals surface area contributed by atoms with Crippen molar-refractivity contribution in [2.75, 3.05) is 0 Å². The summed E-state index contributed by atoms with van der Waals surface area (Å²) in [5.74, 6) is 0.529. The summed E-state index contributed by atoms with van der Waals surface area (Å²) >= 11 is 0. The van der Waals surface area contributed by atoms with Crippen LogP contribution in [-0.4, -0.2) is 35.4 Å². The average Bonchev–Trinajstić information content (AvgIpc) is 3.17. The molecule has 3 aromatic rings. The molecule has 0 aromatic carbocycles. The molecule has 1 amide bonds. The van der Waals surface area contributed by atoms with Gasteiger partial charge in [0.1, 0.15) is 12.7 Å². The topological polar surface area (TPSA) is 90.5 Å². The molecule has 0 fully saturated rings. The zero-order valence-electron chi connectivity index (χ0n) is 12.3. The summed E-state index contributed by atoms with van der Waals surface area (Å²) in [6, 6.07) is 3.71. The minimum atomic E-state index is -0.147. The predicted molar refractivity (Wildman–Crippen MR) is 78.3 cm³/mol. The first-order valence-corrected chi connectivity index (χ1v) is 6.72. The number of nitrogens with zero attached hydrogens (tertiary/aromatic N) is 6. The Balaban J connectivity index is 1.64. The number of aromatic nitrogens is 6. The third-order valence-electron chi connectivity index (χ3n) is 3.40. The number of amides is 1. The second-order valence-corrected chi connectivity index (χ2v) is 4.81. The number of hydrogen-bond acceptors (Lipinski definition) is 5. The maximum absolute atomic E-state index is 12.1. The monoisotopic (exact) mass is 297 g/mol. The Bertz CT molecular complexity index is 774. The number of carbonyl (C=O) groups is 1. The second kappa shape index (κ2) is 5.76. The fourth-order valence-corrected chi connectivity index (χ4v) is 1.98. The average molecular weight is 297 g/mol. The van der Waals surface area contributed by atoms with Gasteiger partial charge in [-0.05, 0) is 18.6 Å². The van der Waals surface area contributed by atoms with Crippen molar-refractivity contribution in [1.29, 1.82) is 0 Å². The quantitative estimate of drug-likeness (QED) is 0.763. The normalized spacial score (nSPS) is 10.6. The standard InChI is InChI=1S/C14H15N7O/c1-10-12(7-18-20(10)2)14(22)17-6-11-3-4-13(16-5-11)21-9-15-8-19-21/h3-5,7-9H,6H2,1-2H3,(H,17,22). The number of nitrogens with one attached hydrogen (secondary N) is 1. The van der Waals surface area contributed by atoms with Crippen LogP contribution in [0.4, 0.5) is 0 Å². The number of pyridine rings is 1. The lowest BCUT2D eigenvalue weighted by Gasteiger charge is -2.06. The van der Waals surface area contributed by atoms with E-state index < -0.39 is 0 Å². The highest BCUT2D eigenvalue weighted by Gasteiger charge is 2.12. The number of rotatable bonds is 4. The van der Waals surface area contributed by atoms with Crippen molar-refractivity contribution in [2.24, 2.45) is 7.05 Å². The largest absolute Gasteiger partial charge is 0.348 e. The van der Waals surface area contributed by atoms with Crippen molar-refractivity contribution in [3.05, 3.63) is 54.0 Å². The van der Waals surface area contributed by atoms with E-state index in [0.29, 0.717) is 17.9 Å². The Kier molecular flexibility index (Phi) is 3.65. The molecule has 0 aliphatic rings. The van der Waals surface area contributed by atoms with Crippen LogP contribution in [0.25, 0.3) is 5.82 Å². The molecule has 3 rings (SSSR count). The molecular weight excluding hydrogens is 282 g/mol. The molecule has 0 aliphatic heterocycles. The lowest BCUT2D eigenvalue weighted by molar-refractivity contribution is 0.0950. The first kappa shape index (κ1) is 13.9. The van der Waals surface area contributed by atoms with Gasteiger partial charge in [0.05, 0.1) is 11.8 Å². The van der Waals surface area contributed by atoms with E-state index in [4.69, 9.17) is 0 Å². The van der Waals surface area contributed by atoms with E-state index >= 15 is 0 Å². The summed E-state index contributed by atoms with van der Waals surface area (Å²) in [6.45, 7) is 2.26. The highest BCUT2D eigenvalue weighted by atomic mass is 16.1. The third kappa shape index (κ3) is 2.71. The zero-order valence-corrected chi connectivity index (χ0v) is 12.3.